The normalized spacial score (nSPS) is 11.7. The number of benzene rings is 2. The van der Waals surface area contributed by atoms with E-state index in [2.05, 4.69) is 11.6 Å². The quantitative estimate of drug-likeness (QED) is 0.411. The van der Waals surface area contributed by atoms with Gasteiger partial charge in [0.15, 0.2) is 23.0 Å². The van der Waals surface area contributed by atoms with Crippen LogP contribution in [0.5, 0.6) is 28.7 Å². The molecule has 0 bridgehead atoms. The molecule has 1 amide bonds. The van der Waals surface area contributed by atoms with Crippen molar-refractivity contribution in [3.63, 3.8) is 0 Å². The number of carbonyl (C=O) groups is 1. The molecule has 0 saturated heterocycles. The summed E-state index contributed by atoms with van der Waals surface area (Å²) in [4.78, 5) is 19.4. The van der Waals surface area contributed by atoms with E-state index in [1.807, 2.05) is 11.4 Å². The molecule has 1 aliphatic heterocycles. The summed E-state index contributed by atoms with van der Waals surface area (Å²) in [6.07, 6.45) is 1.69. The maximum atomic E-state index is 13.1. The number of nitrogens with zero attached hydrogens (tertiary/aromatic N) is 2. The largest absolute Gasteiger partial charge is 0.493 e. The minimum atomic E-state index is -0.141. The lowest BCUT2D eigenvalue weighted by molar-refractivity contribution is 0.0760. The second kappa shape index (κ2) is 10.3. The first kappa shape index (κ1) is 22.5. The Morgan fingerprint density at radius 2 is 1.94 bits per heavy atom. The molecule has 1 aliphatic rings. The molecule has 1 aromatic heterocycles. The number of amides is 1. The monoisotopic (exact) mass is 468 g/mol. The van der Waals surface area contributed by atoms with Crippen molar-refractivity contribution in [2.45, 2.75) is 13.2 Å². The minimum Gasteiger partial charge on any atom is -0.493 e. The fourth-order valence-corrected chi connectivity index (χ4v) is 4.06. The van der Waals surface area contributed by atoms with E-state index in [-0.39, 0.29) is 19.3 Å². The third kappa shape index (κ3) is 5.04. The van der Waals surface area contributed by atoms with Crippen LogP contribution < -0.4 is 23.7 Å². The number of aromatic nitrogens is 1. The van der Waals surface area contributed by atoms with E-state index in [1.165, 1.54) is 11.3 Å². The molecule has 2 aromatic carbocycles. The van der Waals surface area contributed by atoms with Crippen molar-refractivity contribution in [2.24, 2.45) is 0 Å². The number of fused-ring (bicyclic) bond motifs is 1. The van der Waals surface area contributed by atoms with Gasteiger partial charge in [-0.2, -0.15) is 0 Å². The smallest absolute Gasteiger partial charge is 0.254 e. The van der Waals surface area contributed by atoms with Crippen LogP contribution in [0.3, 0.4) is 0 Å². The highest BCUT2D eigenvalue weighted by atomic mass is 32.1. The number of ether oxygens (including phenoxy) is 5. The van der Waals surface area contributed by atoms with Gasteiger partial charge in [-0.1, -0.05) is 12.1 Å². The van der Waals surface area contributed by atoms with Crippen LogP contribution in [0.25, 0.3) is 0 Å². The molecule has 0 unspecified atom stereocenters. The summed E-state index contributed by atoms with van der Waals surface area (Å²) in [5, 5.41) is 2.69. The Kier molecular flexibility index (Phi) is 6.99. The Labute approximate surface area is 195 Å². The van der Waals surface area contributed by atoms with Gasteiger partial charge in [0.2, 0.25) is 12.5 Å². The summed E-state index contributed by atoms with van der Waals surface area (Å²) in [7, 11) is 3.16. The van der Waals surface area contributed by atoms with Crippen LogP contribution in [-0.4, -0.2) is 43.3 Å². The first-order valence-corrected chi connectivity index (χ1v) is 11.1. The second-order valence-corrected chi connectivity index (χ2v) is 8.00. The lowest BCUT2D eigenvalue weighted by atomic mass is 10.1. The van der Waals surface area contributed by atoms with E-state index in [4.69, 9.17) is 23.7 Å². The van der Waals surface area contributed by atoms with Crippen LogP contribution in [0.2, 0.25) is 0 Å². The van der Waals surface area contributed by atoms with Gasteiger partial charge in [0, 0.05) is 17.5 Å². The summed E-state index contributed by atoms with van der Waals surface area (Å²) in [5.74, 6) is 2.75. The highest BCUT2D eigenvalue weighted by Crippen LogP contribution is 2.37. The molecular weight excluding hydrogens is 444 g/mol. The third-order valence-electron chi connectivity index (χ3n) is 4.93. The highest BCUT2D eigenvalue weighted by Gasteiger charge is 2.21. The van der Waals surface area contributed by atoms with E-state index in [1.54, 1.807) is 55.5 Å². The number of thiazole rings is 1. The van der Waals surface area contributed by atoms with Gasteiger partial charge in [-0.25, -0.2) is 4.98 Å². The summed E-state index contributed by atoms with van der Waals surface area (Å²) < 4.78 is 27.4. The zero-order valence-corrected chi connectivity index (χ0v) is 19.2. The molecule has 0 N–H and O–H groups in total. The first-order valence-electron chi connectivity index (χ1n) is 10.2. The van der Waals surface area contributed by atoms with Gasteiger partial charge in [0.25, 0.3) is 5.91 Å². The molecule has 0 aliphatic carbocycles. The van der Waals surface area contributed by atoms with Gasteiger partial charge in [-0.05, 0) is 30.3 Å². The predicted molar refractivity (Wildman–Crippen MR) is 123 cm³/mol. The summed E-state index contributed by atoms with van der Waals surface area (Å²) in [6.45, 7) is 4.91. The van der Waals surface area contributed by atoms with Crippen LogP contribution in [-0.2, 0) is 13.2 Å². The van der Waals surface area contributed by atoms with Crippen LogP contribution in [0, 0.1) is 0 Å². The molecule has 33 heavy (non-hydrogen) atoms. The molecule has 2 heterocycles. The van der Waals surface area contributed by atoms with Crippen LogP contribution >= 0.6 is 11.3 Å². The van der Waals surface area contributed by atoms with E-state index in [0.717, 1.165) is 10.7 Å². The predicted octanol–water partition coefficient (Wildman–Crippen LogP) is 4.30. The summed E-state index contributed by atoms with van der Waals surface area (Å²) >= 11 is 1.46. The number of hydrogen-bond donors (Lipinski definition) is 0. The van der Waals surface area contributed by atoms with Gasteiger partial charge >= 0.3 is 0 Å². The minimum absolute atomic E-state index is 0.141. The topological polar surface area (TPSA) is 79.4 Å². The molecule has 172 valence electrons. The molecule has 0 saturated carbocycles. The molecule has 9 heteroatoms. The van der Waals surface area contributed by atoms with Crippen molar-refractivity contribution in [1.29, 1.82) is 0 Å². The second-order valence-electron chi connectivity index (χ2n) is 7.06. The Balaban J connectivity index is 1.44. The van der Waals surface area contributed by atoms with E-state index < -0.39 is 0 Å². The van der Waals surface area contributed by atoms with Crippen molar-refractivity contribution in [1.82, 2.24) is 9.88 Å². The number of para-hydroxylation sites is 1. The maximum absolute atomic E-state index is 13.1. The van der Waals surface area contributed by atoms with Gasteiger partial charge in [-0.15, -0.1) is 17.9 Å². The average Bonchev–Trinajstić information content (AvgIpc) is 3.50. The van der Waals surface area contributed by atoms with E-state index in [9.17, 15) is 4.79 Å². The molecule has 3 aromatic rings. The van der Waals surface area contributed by atoms with Crippen molar-refractivity contribution in [3.05, 3.63) is 70.7 Å². The summed E-state index contributed by atoms with van der Waals surface area (Å²) in [6, 6.07) is 10.6. The molecule has 0 atom stereocenters. The number of hydrogen-bond acceptors (Lipinski definition) is 8. The fraction of sp³-hybridized carbons (Fsp3) is 0.250. The Morgan fingerprint density at radius 3 is 2.67 bits per heavy atom. The van der Waals surface area contributed by atoms with E-state index >= 15 is 0 Å². The maximum Gasteiger partial charge on any atom is 0.254 e. The van der Waals surface area contributed by atoms with Crippen molar-refractivity contribution in [2.75, 3.05) is 27.6 Å². The summed E-state index contributed by atoms with van der Waals surface area (Å²) in [5.41, 5.74) is 1.28. The highest BCUT2D eigenvalue weighted by molar-refractivity contribution is 7.09. The van der Waals surface area contributed by atoms with Gasteiger partial charge in [0.05, 0.1) is 26.5 Å². The molecule has 0 fully saturated rings. The Bertz CT molecular complexity index is 1120. The van der Waals surface area contributed by atoms with Crippen molar-refractivity contribution < 1.29 is 28.5 Å². The average molecular weight is 469 g/mol. The fourth-order valence-electron chi connectivity index (χ4n) is 3.36. The number of methoxy groups -OCH3 is 2. The zero-order valence-electron chi connectivity index (χ0n) is 18.4. The molecule has 0 radical (unpaired) electrons. The number of rotatable bonds is 10. The van der Waals surface area contributed by atoms with Gasteiger partial charge in [-0.3, -0.25) is 4.79 Å². The van der Waals surface area contributed by atoms with Crippen LogP contribution in [0.1, 0.15) is 21.1 Å². The van der Waals surface area contributed by atoms with Gasteiger partial charge < -0.3 is 28.6 Å². The number of carbonyl (C=O) groups excluding carboxylic acids is 1. The van der Waals surface area contributed by atoms with Gasteiger partial charge in [0.1, 0.15) is 11.6 Å². The first-order chi connectivity index (χ1) is 16.1. The molecule has 8 nitrogen and oxygen atoms in total. The lowest BCUT2D eigenvalue weighted by Gasteiger charge is -2.20. The van der Waals surface area contributed by atoms with Crippen LogP contribution in [0.15, 0.2) is 54.4 Å². The lowest BCUT2D eigenvalue weighted by Crippen LogP contribution is -2.30. The van der Waals surface area contributed by atoms with Crippen LogP contribution in [0.4, 0.5) is 0 Å². The Morgan fingerprint density at radius 1 is 1.18 bits per heavy atom. The van der Waals surface area contributed by atoms with E-state index in [0.29, 0.717) is 47.4 Å². The standard InChI is InChI=1S/C24H24N2O6S/c1-4-10-26(24(27)16-8-9-18-21(11-16)32-15-31-18)12-17-14-33-22(25-17)13-30-23-19(28-2)6-5-7-20(23)29-3/h4-9,11,14H,1,10,12-13,15H2,2-3H3. The van der Waals surface area contributed by atoms with Crippen molar-refractivity contribution >= 4 is 17.2 Å². The zero-order chi connectivity index (χ0) is 23.2. The Hall–Kier alpha value is -3.72. The molecular formula is C24H24N2O6S. The third-order valence-corrected chi connectivity index (χ3v) is 5.80. The molecule has 0 spiro atoms. The molecule has 4 rings (SSSR count). The SMILES string of the molecule is C=CCN(Cc1csc(COc2c(OC)cccc2OC)n1)C(=O)c1ccc2c(c1)OCO2. The van der Waals surface area contributed by atoms with Crippen molar-refractivity contribution in [3.8, 4) is 28.7 Å².